The number of H-pyrrole nitrogens is 3. The molecule has 3 N–H and O–H groups in total. The van der Waals surface area contributed by atoms with Crippen LogP contribution >= 0.6 is 34.7 Å². The normalized spacial score (nSPS) is 11.5. The molecule has 0 aliphatic carbocycles. The van der Waals surface area contributed by atoms with Gasteiger partial charge in [-0.05, 0) is 59.9 Å². The summed E-state index contributed by atoms with van der Waals surface area (Å²) in [4.78, 5) is 34.2. The topological polar surface area (TPSA) is 84.8 Å². The number of thiazole rings is 1. The Bertz CT molecular complexity index is 1780. The van der Waals surface area contributed by atoms with Gasteiger partial charge in [0.1, 0.15) is 11.1 Å². The highest BCUT2D eigenvalue weighted by Crippen LogP contribution is 2.29. The van der Waals surface area contributed by atoms with Crippen LogP contribution in [0.4, 0.5) is 0 Å². The van der Waals surface area contributed by atoms with Gasteiger partial charge in [0.25, 0.3) is 0 Å². The first-order valence-corrected chi connectivity index (χ1v) is 13.0. The predicted octanol–water partition coefficient (Wildman–Crippen LogP) is 5.65. The van der Waals surface area contributed by atoms with Crippen LogP contribution in [-0.2, 0) is 5.75 Å². The van der Waals surface area contributed by atoms with Crippen molar-refractivity contribution in [2.45, 2.75) is 10.6 Å². The van der Waals surface area contributed by atoms with Gasteiger partial charge in [0.15, 0.2) is 5.43 Å². The number of nitrogens with one attached hydrogen (secondary N) is 3. The Kier molecular flexibility index (Phi) is 5.56. The van der Waals surface area contributed by atoms with E-state index in [9.17, 15) is 9.59 Å². The molecule has 0 spiro atoms. The maximum atomic E-state index is 13.7. The van der Waals surface area contributed by atoms with Crippen molar-refractivity contribution in [2.24, 2.45) is 0 Å². The Hall–Kier alpha value is -3.59. The summed E-state index contributed by atoms with van der Waals surface area (Å²) in [6.45, 7) is 0. The van der Waals surface area contributed by atoms with E-state index >= 15 is 0 Å². The molecular weight excluding hydrogens is 500 g/mol. The van der Waals surface area contributed by atoms with E-state index in [2.05, 4.69) is 15.1 Å². The Morgan fingerprint density at radius 3 is 2.57 bits per heavy atom. The van der Waals surface area contributed by atoms with Gasteiger partial charge >= 0.3 is 10.7 Å². The molecule has 3 aromatic heterocycles. The lowest BCUT2D eigenvalue weighted by Crippen LogP contribution is -2.21. The summed E-state index contributed by atoms with van der Waals surface area (Å²) in [5.74, 6) is 0.499. The minimum absolute atomic E-state index is 0.133. The molecule has 3 heterocycles. The second-order valence-electron chi connectivity index (χ2n) is 7.97. The molecule has 35 heavy (non-hydrogen) atoms. The molecule has 9 heteroatoms. The van der Waals surface area contributed by atoms with Gasteiger partial charge in [-0.25, -0.2) is 14.9 Å². The zero-order chi connectivity index (χ0) is 23.9. The van der Waals surface area contributed by atoms with Crippen molar-refractivity contribution in [1.29, 1.82) is 0 Å². The summed E-state index contributed by atoms with van der Waals surface area (Å²) in [7, 11) is 0. The van der Waals surface area contributed by atoms with Gasteiger partial charge in [-0.2, -0.15) is 0 Å². The number of pyridine rings is 1. The maximum Gasteiger partial charge on any atom is 0.369 e. The number of aromatic amines is 3. The molecule has 6 nitrogen and oxygen atoms in total. The van der Waals surface area contributed by atoms with E-state index in [0.717, 1.165) is 15.1 Å². The van der Waals surface area contributed by atoms with Gasteiger partial charge < -0.3 is 4.98 Å². The minimum atomic E-state index is -0.231. The molecule has 0 bridgehead atoms. The number of benzene rings is 3. The van der Waals surface area contributed by atoms with Crippen LogP contribution in [0.1, 0.15) is 5.69 Å². The molecule has 0 unspecified atom stereocenters. The minimum Gasteiger partial charge on any atom is -0.354 e. The first-order chi connectivity index (χ1) is 17.1. The predicted molar refractivity (Wildman–Crippen MR) is 143 cm³/mol. The van der Waals surface area contributed by atoms with Crippen molar-refractivity contribution < 1.29 is 4.98 Å². The lowest BCUT2D eigenvalue weighted by atomic mass is 10.1. The van der Waals surface area contributed by atoms with Gasteiger partial charge in [0.2, 0.25) is 0 Å². The Morgan fingerprint density at radius 2 is 1.74 bits per heavy atom. The highest BCUT2D eigenvalue weighted by Gasteiger charge is 2.26. The molecule has 0 amide bonds. The Morgan fingerprint density at radius 1 is 0.971 bits per heavy atom. The summed E-state index contributed by atoms with van der Waals surface area (Å²) in [6, 6.07) is 24.3. The van der Waals surface area contributed by atoms with Crippen LogP contribution in [0.15, 0.2) is 93.3 Å². The number of nitrogens with zero attached hydrogens (tertiary/aromatic N) is 1. The zero-order valence-corrected chi connectivity index (χ0v) is 20.6. The quantitative estimate of drug-likeness (QED) is 0.290. The first kappa shape index (κ1) is 21.9. The van der Waals surface area contributed by atoms with Crippen LogP contribution in [-0.4, -0.2) is 14.8 Å². The van der Waals surface area contributed by atoms with Gasteiger partial charge in [-0.15, -0.1) is 11.8 Å². The molecule has 0 aliphatic heterocycles. The van der Waals surface area contributed by atoms with E-state index in [4.69, 9.17) is 11.6 Å². The Labute approximate surface area is 212 Å². The zero-order valence-electron chi connectivity index (χ0n) is 18.2. The van der Waals surface area contributed by atoms with Gasteiger partial charge in [-0.1, -0.05) is 40.5 Å². The molecule has 3 aromatic carbocycles. The summed E-state index contributed by atoms with van der Waals surface area (Å²) in [5, 5.41) is 5.21. The summed E-state index contributed by atoms with van der Waals surface area (Å²) in [6.07, 6.45) is 0. The van der Waals surface area contributed by atoms with E-state index in [1.165, 1.54) is 22.1 Å². The third-order valence-corrected chi connectivity index (χ3v) is 8.05. The monoisotopic (exact) mass is 517 g/mol. The molecule has 0 aliphatic rings. The highest BCUT2D eigenvalue weighted by molar-refractivity contribution is 7.98. The van der Waals surface area contributed by atoms with Crippen LogP contribution in [0.25, 0.3) is 37.5 Å². The Balaban J connectivity index is 1.51. The molecule has 172 valence electrons. The van der Waals surface area contributed by atoms with Crippen molar-refractivity contribution in [3.8, 4) is 16.4 Å². The smallest absolute Gasteiger partial charge is 0.354 e. The molecule has 6 aromatic rings. The third-order valence-electron chi connectivity index (χ3n) is 5.71. The number of thioether (sulfide) groups is 1. The average Bonchev–Trinajstić information content (AvgIpc) is 3.44. The number of aromatic nitrogens is 4. The van der Waals surface area contributed by atoms with E-state index in [1.54, 1.807) is 17.8 Å². The SMILES string of the molecule is O=c1cc(-c2c(CSc3ccc(Cl)cc3)[nH]n(-c3[nH+]c4ccccc4s3)c2=O)[nH]c2ccccc12. The fourth-order valence-corrected chi connectivity index (χ4v) is 5.97. The second-order valence-corrected chi connectivity index (χ2v) is 10.5. The molecule has 6 rings (SSSR count). The van der Waals surface area contributed by atoms with Crippen LogP contribution in [0.3, 0.4) is 0 Å². The summed E-state index contributed by atoms with van der Waals surface area (Å²) in [5.41, 5.74) is 2.92. The number of para-hydroxylation sites is 2. The molecule has 0 saturated carbocycles. The fourth-order valence-electron chi connectivity index (χ4n) is 4.03. The van der Waals surface area contributed by atoms with Crippen molar-refractivity contribution in [2.75, 3.05) is 0 Å². The lowest BCUT2D eigenvalue weighted by Gasteiger charge is -2.04. The van der Waals surface area contributed by atoms with Crippen molar-refractivity contribution in [3.05, 3.63) is 110 Å². The largest absolute Gasteiger partial charge is 0.369 e. The number of halogens is 1. The highest BCUT2D eigenvalue weighted by atomic mass is 35.5. The van der Waals surface area contributed by atoms with Gasteiger partial charge in [0, 0.05) is 32.6 Å². The maximum absolute atomic E-state index is 13.7. The number of rotatable bonds is 5. The lowest BCUT2D eigenvalue weighted by molar-refractivity contribution is -0.334. The number of fused-ring (bicyclic) bond motifs is 2. The van der Waals surface area contributed by atoms with E-state index < -0.39 is 0 Å². The summed E-state index contributed by atoms with van der Waals surface area (Å²) < 4.78 is 2.56. The van der Waals surface area contributed by atoms with Gasteiger partial charge in [-0.3, -0.25) is 4.79 Å². The first-order valence-electron chi connectivity index (χ1n) is 10.8. The molecular formula is C26H18ClN4O2S2+. The van der Waals surface area contributed by atoms with Crippen LogP contribution in [0.5, 0.6) is 0 Å². The van der Waals surface area contributed by atoms with Crippen molar-refractivity contribution in [3.63, 3.8) is 0 Å². The van der Waals surface area contributed by atoms with Crippen LogP contribution in [0.2, 0.25) is 5.02 Å². The average molecular weight is 518 g/mol. The van der Waals surface area contributed by atoms with E-state index in [0.29, 0.717) is 43.8 Å². The molecule has 0 fully saturated rings. The number of hydrogen-bond donors (Lipinski definition) is 2. The van der Waals surface area contributed by atoms with Crippen molar-refractivity contribution >= 4 is 55.8 Å². The summed E-state index contributed by atoms with van der Waals surface area (Å²) >= 11 is 9.09. The standard InChI is InChI=1S/C26H17ClN4O2S2/c27-15-9-11-16(12-10-15)34-14-21-24(20-13-22(32)17-5-1-2-6-18(17)28-20)25(33)31(30-21)26-29-19-7-3-4-8-23(19)35-26/h1-13,30H,14H2,(H,28,32)/p+1. The fraction of sp³-hybridized carbons (Fsp3) is 0.0385. The molecule has 0 saturated heterocycles. The van der Waals surface area contributed by atoms with Crippen LogP contribution in [0, 0.1) is 0 Å². The van der Waals surface area contributed by atoms with Crippen molar-refractivity contribution in [1.82, 2.24) is 14.8 Å². The van der Waals surface area contributed by atoms with Crippen LogP contribution < -0.4 is 16.0 Å². The second kappa shape index (κ2) is 8.88. The number of hydrogen-bond acceptors (Lipinski definition) is 4. The van der Waals surface area contributed by atoms with Gasteiger partial charge in [0.05, 0.1) is 16.1 Å². The van der Waals surface area contributed by atoms with E-state index in [1.807, 2.05) is 66.7 Å². The third kappa shape index (κ3) is 4.10. The van der Waals surface area contributed by atoms with E-state index in [-0.39, 0.29) is 11.0 Å². The molecule has 0 radical (unpaired) electrons. The molecule has 0 atom stereocenters.